The summed E-state index contributed by atoms with van der Waals surface area (Å²) in [6, 6.07) is 1.12. The molecule has 0 bridgehead atoms. The highest BCUT2D eigenvalue weighted by atomic mass is 16.5. The number of methoxy groups -OCH3 is 1. The molecule has 1 aliphatic heterocycles. The van der Waals surface area contributed by atoms with Crippen LogP contribution in [0.25, 0.3) is 0 Å². The van der Waals surface area contributed by atoms with E-state index in [1.54, 1.807) is 7.11 Å². The van der Waals surface area contributed by atoms with Gasteiger partial charge < -0.3 is 10.1 Å². The Kier molecular flexibility index (Phi) is 4.61. The van der Waals surface area contributed by atoms with E-state index >= 15 is 0 Å². The van der Waals surface area contributed by atoms with Gasteiger partial charge in [-0.15, -0.1) is 0 Å². The summed E-state index contributed by atoms with van der Waals surface area (Å²) in [5.74, 6) is 0. The number of nitrogens with zero attached hydrogens (tertiary/aromatic N) is 1. The number of ether oxygens (including phenoxy) is 1. The molecule has 0 radical (unpaired) electrons. The maximum absolute atomic E-state index is 5.37. The molecule has 0 aromatic carbocycles. The van der Waals surface area contributed by atoms with E-state index in [1.165, 1.54) is 0 Å². The molecule has 3 nitrogen and oxygen atoms in total. The van der Waals surface area contributed by atoms with Crippen LogP contribution < -0.4 is 5.32 Å². The second-order valence-electron chi connectivity index (χ2n) is 7.07. The van der Waals surface area contributed by atoms with Gasteiger partial charge >= 0.3 is 0 Å². The number of nitrogens with one attached hydrogen (secondary N) is 1. The first-order chi connectivity index (χ1) is 7.68. The van der Waals surface area contributed by atoms with Crippen molar-refractivity contribution in [1.29, 1.82) is 0 Å². The molecule has 0 spiro atoms. The third-order valence-electron chi connectivity index (χ3n) is 3.89. The van der Waals surface area contributed by atoms with Crippen molar-refractivity contribution in [1.82, 2.24) is 10.2 Å². The fourth-order valence-corrected chi connectivity index (χ4v) is 2.72. The van der Waals surface area contributed by atoms with Gasteiger partial charge in [-0.2, -0.15) is 0 Å². The molecule has 0 aromatic heterocycles. The van der Waals surface area contributed by atoms with E-state index in [1.807, 2.05) is 0 Å². The molecule has 0 amide bonds. The summed E-state index contributed by atoms with van der Waals surface area (Å²) in [5, 5.41) is 3.67. The molecule has 1 rings (SSSR count). The van der Waals surface area contributed by atoms with Crippen LogP contribution in [0.4, 0.5) is 0 Å². The largest absolute Gasteiger partial charge is 0.383 e. The van der Waals surface area contributed by atoms with Crippen molar-refractivity contribution in [3.8, 4) is 0 Å². The van der Waals surface area contributed by atoms with Gasteiger partial charge in [0.2, 0.25) is 0 Å². The van der Waals surface area contributed by atoms with Crippen LogP contribution in [0, 0.1) is 5.41 Å². The van der Waals surface area contributed by atoms with E-state index in [2.05, 4.69) is 51.8 Å². The van der Waals surface area contributed by atoms with Gasteiger partial charge in [-0.3, -0.25) is 4.90 Å². The maximum atomic E-state index is 5.37. The molecular formula is C14H30N2O. The number of hydrogen-bond acceptors (Lipinski definition) is 3. The number of piperazine rings is 1. The van der Waals surface area contributed by atoms with Gasteiger partial charge in [0, 0.05) is 37.8 Å². The van der Waals surface area contributed by atoms with Gasteiger partial charge in [-0.1, -0.05) is 20.8 Å². The Morgan fingerprint density at radius 2 is 1.82 bits per heavy atom. The van der Waals surface area contributed by atoms with Crippen LogP contribution in [-0.2, 0) is 4.74 Å². The molecule has 1 heterocycles. The molecule has 0 saturated carbocycles. The lowest BCUT2D eigenvalue weighted by Gasteiger charge is -2.50. The van der Waals surface area contributed by atoms with Gasteiger partial charge in [-0.05, 0) is 26.2 Å². The minimum absolute atomic E-state index is 0.111. The summed E-state index contributed by atoms with van der Waals surface area (Å²) in [7, 11) is 1.79. The molecule has 0 aromatic rings. The lowest BCUT2D eigenvalue weighted by atomic mass is 9.83. The summed E-state index contributed by atoms with van der Waals surface area (Å²) >= 11 is 0. The Morgan fingerprint density at radius 1 is 1.24 bits per heavy atom. The molecule has 2 unspecified atom stereocenters. The maximum Gasteiger partial charge on any atom is 0.0641 e. The fourth-order valence-electron chi connectivity index (χ4n) is 2.72. The first-order valence-electron chi connectivity index (χ1n) is 6.67. The average molecular weight is 242 g/mol. The van der Waals surface area contributed by atoms with Gasteiger partial charge in [0.1, 0.15) is 0 Å². The molecule has 1 aliphatic rings. The monoisotopic (exact) mass is 242 g/mol. The normalized spacial score (nSPS) is 28.4. The molecule has 17 heavy (non-hydrogen) atoms. The highest BCUT2D eigenvalue weighted by Gasteiger charge is 2.38. The van der Waals surface area contributed by atoms with Crippen LogP contribution in [0.5, 0.6) is 0 Å². The summed E-state index contributed by atoms with van der Waals surface area (Å²) in [5.41, 5.74) is 0.418. The van der Waals surface area contributed by atoms with Crippen LogP contribution in [-0.4, -0.2) is 49.3 Å². The first-order valence-corrected chi connectivity index (χ1v) is 6.67. The van der Waals surface area contributed by atoms with Crippen LogP contribution >= 0.6 is 0 Å². The lowest BCUT2D eigenvalue weighted by molar-refractivity contribution is -0.0246. The molecular weight excluding hydrogens is 212 g/mol. The van der Waals surface area contributed by atoms with Crippen molar-refractivity contribution >= 4 is 0 Å². The third kappa shape index (κ3) is 3.67. The standard InChI is InChI=1S/C14H30N2O/c1-11-8-15-12(13(2,3)4)9-16(11)14(5,6)10-17-7/h11-12,15H,8-10H2,1-7H3. The van der Waals surface area contributed by atoms with Gasteiger partial charge in [0.05, 0.1) is 6.61 Å². The zero-order chi connectivity index (χ0) is 13.3. The van der Waals surface area contributed by atoms with Crippen LogP contribution in [0.15, 0.2) is 0 Å². The van der Waals surface area contributed by atoms with E-state index in [0.717, 1.165) is 19.7 Å². The molecule has 3 heteroatoms. The van der Waals surface area contributed by atoms with Crippen molar-refractivity contribution in [2.45, 2.75) is 59.2 Å². The summed E-state index contributed by atoms with van der Waals surface area (Å²) < 4.78 is 5.37. The Hall–Kier alpha value is -0.120. The minimum atomic E-state index is 0.111. The second-order valence-corrected chi connectivity index (χ2v) is 7.07. The summed E-state index contributed by atoms with van der Waals surface area (Å²) in [6.07, 6.45) is 0. The smallest absolute Gasteiger partial charge is 0.0641 e. The van der Waals surface area contributed by atoms with E-state index < -0.39 is 0 Å². The van der Waals surface area contributed by atoms with Crippen LogP contribution in [0.1, 0.15) is 41.5 Å². The zero-order valence-electron chi connectivity index (χ0n) is 12.6. The highest BCUT2D eigenvalue weighted by Crippen LogP contribution is 2.28. The fraction of sp³-hybridized carbons (Fsp3) is 1.00. The van der Waals surface area contributed by atoms with Crippen molar-refractivity contribution < 1.29 is 4.74 Å². The van der Waals surface area contributed by atoms with Crippen molar-refractivity contribution in [3.63, 3.8) is 0 Å². The average Bonchev–Trinajstić information content (AvgIpc) is 2.15. The second kappa shape index (κ2) is 5.25. The van der Waals surface area contributed by atoms with E-state index in [0.29, 0.717) is 17.5 Å². The van der Waals surface area contributed by atoms with E-state index in [4.69, 9.17) is 4.74 Å². The minimum Gasteiger partial charge on any atom is -0.383 e. The third-order valence-corrected chi connectivity index (χ3v) is 3.89. The SMILES string of the molecule is COCC(C)(C)N1CC(C(C)(C)C)NCC1C. The van der Waals surface area contributed by atoms with Gasteiger partial charge in [0.25, 0.3) is 0 Å². The lowest BCUT2D eigenvalue weighted by Crippen LogP contribution is -2.65. The Bertz CT molecular complexity index is 245. The molecule has 1 fully saturated rings. The summed E-state index contributed by atoms with van der Waals surface area (Å²) in [4.78, 5) is 2.59. The van der Waals surface area contributed by atoms with Crippen molar-refractivity contribution in [2.24, 2.45) is 5.41 Å². The predicted octanol–water partition coefficient (Wildman–Crippen LogP) is 2.12. The van der Waals surface area contributed by atoms with Gasteiger partial charge in [-0.25, -0.2) is 0 Å². The Labute approximate surface area is 107 Å². The topological polar surface area (TPSA) is 24.5 Å². The Morgan fingerprint density at radius 3 is 2.29 bits per heavy atom. The quantitative estimate of drug-likeness (QED) is 0.820. The molecule has 2 atom stereocenters. The first kappa shape index (κ1) is 14.9. The zero-order valence-corrected chi connectivity index (χ0v) is 12.6. The number of rotatable bonds is 3. The van der Waals surface area contributed by atoms with E-state index in [9.17, 15) is 0 Å². The molecule has 0 aliphatic carbocycles. The molecule has 1 N–H and O–H groups in total. The highest BCUT2D eigenvalue weighted by molar-refractivity contribution is 4.96. The van der Waals surface area contributed by atoms with Gasteiger partial charge in [0.15, 0.2) is 0 Å². The van der Waals surface area contributed by atoms with Crippen LogP contribution in [0.2, 0.25) is 0 Å². The number of hydrogen-bond donors (Lipinski definition) is 1. The van der Waals surface area contributed by atoms with Crippen molar-refractivity contribution in [2.75, 3.05) is 26.8 Å². The molecule has 1 saturated heterocycles. The van der Waals surface area contributed by atoms with E-state index in [-0.39, 0.29) is 5.54 Å². The summed E-state index contributed by atoms with van der Waals surface area (Å²) in [6.45, 7) is 16.7. The van der Waals surface area contributed by atoms with Crippen LogP contribution in [0.3, 0.4) is 0 Å². The van der Waals surface area contributed by atoms with Crippen molar-refractivity contribution in [3.05, 3.63) is 0 Å². The Balaban J connectivity index is 2.76. The predicted molar refractivity (Wildman–Crippen MR) is 73.4 cm³/mol. The molecule has 102 valence electrons.